The molecule has 0 spiro atoms. The molecule has 34 heavy (non-hydrogen) atoms. The summed E-state index contributed by atoms with van der Waals surface area (Å²) in [5, 5.41) is 7.86. The molecule has 5 rings (SSSR count). The Morgan fingerprint density at radius 2 is 1.91 bits per heavy atom. The van der Waals surface area contributed by atoms with Crippen LogP contribution in [0.25, 0.3) is 16.9 Å². The van der Waals surface area contributed by atoms with Gasteiger partial charge in [-0.25, -0.2) is 13.1 Å². The molecule has 0 bridgehead atoms. The molecule has 1 saturated heterocycles. The highest BCUT2D eigenvalue weighted by Crippen LogP contribution is 2.42. The maximum absolute atomic E-state index is 13.4. The van der Waals surface area contributed by atoms with Gasteiger partial charge in [0.05, 0.1) is 41.9 Å². The number of hydrogen-bond acceptors (Lipinski definition) is 7. The van der Waals surface area contributed by atoms with E-state index in [4.69, 9.17) is 9.47 Å². The van der Waals surface area contributed by atoms with E-state index in [1.807, 2.05) is 36.4 Å². The van der Waals surface area contributed by atoms with Crippen LogP contribution >= 0.6 is 0 Å². The van der Waals surface area contributed by atoms with Gasteiger partial charge < -0.3 is 19.7 Å². The topological polar surface area (TPSA) is 103 Å². The van der Waals surface area contributed by atoms with Gasteiger partial charge in [-0.3, -0.25) is 4.79 Å². The number of para-hydroxylation sites is 1. The second-order valence-corrected chi connectivity index (χ2v) is 10.2. The summed E-state index contributed by atoms with van der Waals surface area (Å²) < 4.78 is 38.9. The number of nitrogens with one attached hydrogen (secondary N) is 1. The van der Waals surface area contributed by atoms with Crippen LogP contribution in [-0.2, 0) is 25.1 Å². The van der Waals surface area contributed by atoms with Gasteiger partial charge in [0.15, 0.2) is 15.5 Å². The average molecular weight is 483 g/mol. The van der Waals surface area contributed by atoms with Crippen LogP contribution in [0.2, 0.25) is 0 Å². The monoisotopic (exact) mass is 482 g/mol. The summed E-state index contributed by atoms with van der Waals surface area (Å²) in [6.07, 6.45) is 0. The number of fused-ring (bicyclic) bond motifs is 3. The average Bonchev–Trinajstić information content (AvgIpc) is 3.23. The Hall–Kier alpha value is -3.21. The predicted octanol–water partition coefficient (Wildman–Crippen LogP) is 2.36. The first-order valence-corrected chi connectivity index (χ1v) is 12.8. The number of carbonyl (C=O) groups excluding carboxylic acids is 1. The molecule has 1 amide bonds. The lowest BCUT2D eigenvalue weighted by Crippen LogP contribution is -2.41. The molecule has 2 aliphatic rings. The SMILES string of the molecule is COCCNc1ccc2c(c1)S(=O)(=O)Cc1c(C(=O)N3CCOCC3)nn(-c3ccccc3)c1-2. The van der Waals surface area contributed by atoms with Gasteiger partial charge in [-0.15, -0.1) is 0 Å². The number of rotatable bonds is 6. The van der Waals surface area contributed by atoms with Crippen molar-refractivity contribution in [3.63, 3.8) is 0 Å². The minimum absolute atomic E-state index is 0.178. The van der Waals surface area contributed by atoms with Crippen molar-refractivity contribution in [2.75, 3.05) is 51.9 Å². The standard InChI is InChI=1S/C24H26N4O5S/c1-32-12-9-25-17-7-8-19-21(15-17)34(30,31)16-20-22(24(29)27-10-13-33-14-11-27)26-28(23(19)20)18-5-3-2-4-6-18/h2-8,15,25H,9-14,16H2,1H3. The lowest BCUT2D eigenvalue weighted by atomic mass is 10.0. The van der Waals surface area contributed by atoms with Crippen LogP contribution in [0.5, 0.6) is 0 Å². The molecule has 3 heterocycles. The molecule has 0 unspecified atom stereocenters. The van der Waals surface area contributed by atoms with Crippen LogP contribution in [0, 0.1) is 0 Å². The molecule has 0 radical (unpaired) electrons. The zero-order valence-electron chi connectivity index (χ0n) is 18.9. The van der Waals surface area contributed by atoms with Crippen LogP contribution < -0.4 is 5.32 Å². The molecule has 1 N–H and O–H groups in total. The fourth-order valence-corrected chi connectivity index (χ4v) is 5.97. The maximum Gasteiger partial charge on any atom is 0.274 e. The lowest BCUT2D eigenvalue weighted by molar-refractivity contribution is 0.0298. The van der Waals surface area contributed by atoms with Crippen molar-refractivity contribution in [2.24, 2.45) is 0 Å². The highest BCUT2D eigenvalue weighted by atomic mass is 32.2. The van der Waals surface area contributed by atoms with E-state index in [-0.39, 0.29) is 22.2 Å². The number of aromatic nitrogens is 2. The first kappa shape index (κ1) is 22.6. The van der Waals surface area contributed by atoms with Crippen LogP contribution in [0.3, 0.4) is 0 Å². The summed E-state index contributed by atoms with van der Waals surface area (Å²) in [7, 11) is -2.07. The molecule has 3 aromatic rings. The lowest BCUT2D eigenvalue weighted by Gasteiger charge is -2.26. The third kappa shape index (κ3) is 4.08. The summed E-state index contributed by atoms with van der Waals surface area (Å²) in [5.74, 6) is -0.555. The largest absolute Gasteiger partial charge is 0.383 e. The number of nitrogens with zero attached hydrogens (tertiary/aromatic N) is 3. The molecular weight excluding hydrogens is 456 g/mol. The quantitative estimate of drug-likeness (QED) is 0.538. The second-order valence-electron chi connectivity index (χ2n) is 8.22. The van der Waals surface area contributed by atoms with Crippen molar-refractivity contribution >= 4 is 21.4 Å². The van der Waals surface area contributed by atoms with E-state index in [1.54, 1.807) is 28.8 Å². The zero-order valence-corrected chi connectivity index (χ0v) is 19.7. The van der Waals surface area contributed by atoms with Crippen molar-refractivity contribution in [2.45, 2.75) is 10.6 Å². The summed E-state index contributed by atoms with van der Waals surface area (Å²) in [6.45, 7) is 2.86. The van der Waals surface area contributed by atoms with Crippen molar-refractivity contribution in [3.8, 4) is 16.9 Å². The molecule has 1 fully saturated rings. The first-order chi connectivity index (χ1) is 16.5. The molecule has 9 nitrogen and oxygen atoms in total. The Bertz CT molecular complexity index is 1310. The van der Waals surface area contributed by atoms with Crippen LogP contribution in [-0.4, -0.2) is 75.6 Å². The van der Waals surface area contributed by atoms with Gasteiger partial charge in [0, 0.05) is 43.6 Å². The van der Waals surface area contributed by atoms with Gasteiger partial charge >= 0.3 is 0 Å². The van der Waals surface area contributed by atoms with E-state index < -0.39 is 9.84 Å². The molecular formula is C24H26N4O5S. The zero-order chi connectivity index (χ0) is 23.7. The van der Waals surface area contributed by atoms with Gasteiger partial charge in [-0.05, 0) is 30.3 Å². The number of methoxy groups -OCH3 is 1. The van der Waals surface area contributed by atoms with Crippen LogP contribution in [0.15, 0.2) is 53.4 Å². The smallest absolute Gasteiger partial charge is 0.274 e. The van der Waals surface area contributed by atoms with Crippen molar-refractivity contribution in [1.82, 2.24) is 14.7 Å². The third-order valence-corrected chi connectivity index (χ3v) is 7.70. The Labute approximate surface area is 198 Å². The van der Waals surface area contributed by atoms with E-state index in [1.165, 1.54) is 0 Å². The summed E-state index contributed by atoms with van der Waals surface area (Å²) in [5.41, 5.74) is 3.24. The first-order valence-electron chi connectivity index (χ1n) is 11.1. The normalized spacial score (nSPS) is 16.6. The molecule has 10 heteroatoms. The molecule has 0 saturated carbocycles. The number of anilines is 1. The Balaban J connectivity index is 1.66. The van der Waals surface area contributed by atoms with E-state index in [9.17, 15) is 13.2 Å². The second kappa shape index (κ2) is 9.21. The highest BCUT2D eigenvalue weighted by Gasteiger charge is 2.37. The van der Waals surface area contributed by atoms with Crippen LogP contribution in [0.4, 0.5) is 5.69 Å². The van der Waals surface area contributed by atoms with Gasteiger partial charge in [0.2, 0.25) is 0 Å². The van der Waals surface area contributed by atoms with E-state index in [0.717, 1.165) is 5.69 Å². The molecule has 2 aliphatic heterocycles. The molecule has 2 aromatic carbocycles. The van der Waals surface area contributed by atoms with E-state index in [2.05, 4.69) is 10.4 Å². The number of hydrogen-bond donors (Lipinski definition) is 1. The number of amides is 1. The number of benzene rings is 2. The Morgan fingerprint density at radius 3 is 2.65 bits per heavy atom. The fourth-order valence-electron chi connectivity index (χ4n) is 4.36. The number of morpholine rings is 1. The molecule has 0 aliphatic carbocycles. The Morgan fingerprint density at radius 1 is 1.15 bits per heavy atom. The predicted molar refractivity (Wildman–Crippen MR) is 127 cm³/mol. The number of ether oxygens (including phenoxy) is 2. The molecule has 1 aromatic heterocycles. The van der Waals surface area contributed by atoms with Gasteiger partial charge in [-0.1, -0.05) is 18.2 Å². The highest BCUT2D eigenvalue weighted by molar-refractivity contribution is 7.91. The summed E-state index contributed by atoms with van der Waals surface area (Å²) >= 11 is 0. The maximum atomic E-state index is 13.4. The van der Waals surface area contributed by atoms with Gasteiger partial charge in [-0.2, -0.15) is 5.10 Å². The summed E-state index contributed by atoms with van der Waals surface area (Å²) in [6, 6.07) is 14.7. The molecule has 178 valence electrons. The van der Waals surface area contributed by atoms with Gasteiger partial charge in [0.1, 0.15) is 0 Å². The van der Waals surface area contributed by atoms with Crippen LogP contribution in [0.1, 0.15) is 16.1 Å². The number of sulfone groups is 1. The number of carbonyl (C=O) groups is 1. The van der Waals surface area contributed by atoms with E-state index in [0.29, 0.717) is 62.0 Å². The fraction of sp³-hybridized carbons (Fsp3) is 0.333. The minimum atomic E-state index is -3.68. The third-order valence-electron chi connectivity index (χ3n) is 6.03. The van der Waals surface area contributed by atoms with Crippen molar-refractivity contribution < 1.29 is 22.7 Å². The Kier molecular flexibility index (Phi) is 6.11. The molecule has 0 atom stereocenters. The summed E-state index contributed by atoms with van der Waals surface area (Å²) in [4.78, 5) is 15.3. The van der Waals surface area contributed by atoms with Gasteiger partial charge in [0.25, 0.3) is 5.91 Å². The van der Waals surface area contributed by atoms with Crippen molar-refractivity contribution in [3.05, 3.63) is 59.8 Å². The van der Waals surface area contributed by atoms with Crippen molar-refractivity contribution in [1.29, 1.82) is 0 Å². The minimum Gasteiger partial charge on any atom is -0.383 e. The van der Waals surface area contributed by atoms with E-state index >= 15 is 0 Å².